The van der Waals surface area contributed by atoms with E-state index in [0.29, 0.717) is 0 Å². The van der Waals surface area contributed by atoms with Crippen LogP contribution < -0.4 is 39.5 Å². The Morgan fingerprint density at radius 2 is 1.08 bits per heavy atom. The SMILES string of the molecule is c1ccc2c(c1)-c1ccccc1C21c2ccc3c4c2-n2c5c1cccc5c1ccc[n+](c12)[N+]41c2cccc4c5cccc6c5n(c24)-c2c(ccc([n+]21)O3)[Si]61c2ccccc2-c2ccccc21. The summed E-state index contributed by atoms with van der Waals surface area (Å²) in [5, 5.41) is 10.8. The summed E-state index contributed by atoms with van der Waals surface area (Å²) in [6.07, 6.45) is 2.34. The van der Waals surface area contributed by atoms with Gasteiger partial charge in [-0.1, -0.05) is 127 Å². The van der Waals surface area contributed by atoms with Crippen LogP contribution in [0.4, 0.5) is 11.4 Å². The maximum Gasteiger partial charge on any atom is 0.350 e. The molecule has 10 heterocycles. The van der Waals surface area contributed by atoms with E-state index in [1.807, 2.05) is 0 Å². The Morgan fingerprint density at radius 1 is 0.455 bits per heavy atom. The molecule has 0 fully saturated rings. The number of nitrogens with zero attached hydrogens (tertiary/aromatic N) is 5. The number of rotatable bonds is 0. The number of quaternary nitrogens is 1. The van der Waals surface area contributed by atoms with Crippen LogP contribution in [0, 0.1) is 0 Å². The molecule has 7 aliphatic rings. The molecule has 1 unspecified atom stereocenters. The number of hydrogen-bond donors (Lipinski definition) is 0. The lowest BCUT2D eigenvalue weighted by atomic mass is 9.65. The Balaban J connectivity index is 1.09. The Hall–Kier alpha value is -8.36. The number of aromatic nitrogens is 4. The predicted octanol–water partition coefficient (Wildman–Crippen LogP) is 9.10. The zero-order valence-electron chi connectivity index (χ0n) is 35.1. The summed E-state index contributed by atoms with van der Waals surface area (Å²) in [5.41, 5.74) is 18.6. The van der Waals surface area contributed by atoms with Crippen LogP contribution in [-0.2, 0) is 5.41 Å². The normalized spacial score (nSPS) is 18.1. The first kappa shape index (κ1) is 32.3. The van der Waals surface area contributed by atoms with Gasteiger partial charge in [-0.15, -0.1) is 0 Å². The summed E-state index contributed by atoms with van der Waals surface area (Å²) >= 11 is 0. The molecule has 7 heteroatoms. The maximum absolute atomic E-state index is 7.52. The molecule has 300 valence electrons. The van der Waals surface area contributed by atoms with E-state index in [1.54, 1.807) is 0 Å². The van der Waals surface area contributed by atoms with Crippen molar-refractivity contribution in [2.24, 2.45) is 0 Å². The zero-order valence-corrected chi connectivity index (χ0v) is 36.1. The summed E-state index contributed by atoms with van der Waals surface area (Å²) in [4.78, 5) is 0. The van der Waals surface area contributed by atoms with Crippen molar-refractivity contribution in [3.63, 3.8) is 0 Å². The van der Waals surface area contributed by atoms with E-state index in [-0.39, 0.29) is 4.70 Å². The van der Waals surface area contributed by atoms with Crippen molar-refractivity contribution in [3.8, 4) is 45.4 Å². The highest BCUT2D eigenvalue weighted by atomic mass is 28.3. The molecule has 66 heavy (non-hydrogen) atoms. The molecule has 6 nitrogen and oxygen atoms in total. The van der Waals surface area contributed by atoms with Gasteiger partial charge in [-0.05, 0) is 97.0 Å². The fourth-order valence-electron chi connectivity index (χ4n) is 15.2. The molecular formula is C59H32N5OSi+3. The highest BCUT2D eigenvalue weighted by Crippen LogP contribution is 2.65. The van der Waals surface area contributed by atoms with Crippen molar-refractivity contribution < 1.29 is 14.1 Å². The third kappa shape index (κ3) is 2.84. The Labute approximate surface area is 377 Å². The topological polar surface area (TPSA) is 26.8 Å². The van der Waals surface area contributed by atoms with Crippen LogP contribution in [0.2, 0.25) is 0 Å². The monoisotopic (exact) mass is 854 g/mol. The average molecular weight is 855 g/mol. The number of hydrogen-bond acceptors (Lipinski definition) is 1. The van der Waals surface area contributed by atoms with Crippen LogP contribution in [-0.4, -0.2) is 17.2 Å². The number of benzene rings is 8. The largest absolute Gasteiger partial charge is 0.412 e. The summed E-state index contributed by atoms with van der Waals surface area (Å²) < 4.78 is 18.3. The summed E-state index contributed by atoms with van der Waals surface area (Å²) in [5.74, 6) is 2.90. The molecule has 0 bridgehead atoms. The van der Waals surface area contributed by atoms with Gasteiger partial charge in [0.05, 0.1) is 15.5 Å². The Morgan fingerprint density at radius 3 is 1.85 bits per heavy atom. The van der Waals surface area contributed by atoms with Gasteiger partial charge >= 0.3 is 23.0 Å². The standard InChI is InChI=1S/C59H32N5OSi/c1-5-21-41-33(13-1)34-14-2-6-22-42(34)59(41)43-23-9-17-39-40-20-12-32-60-57(40)61(52(39)43)55-44(59)28-29-46-56(55)64(60)45-24-10-18-37-38-19-11-27-49-54(38)62(53(37)45)58-50(30-31-51(65-46)63(58)64)66(49)47-25-7-3-15-35(47)36-16-4-8-26-48(36)66/h1-32H/q+3. The third-order valence-corrected chi connectivity index (χ3v) is 22.0. The van der Waals surface area contributed by atoms with Crippen LogP contribution in [0.1, 0.15) is 22.3 Å². The smallest absolute Gasteiger partial charge is 0.350 e. The minimum absolute atomic E-state index is 0.288. The number of ether oxygens (including phenoxy) is 1. The van der Waals surface area contributed by atoms with Gasteiger partial charge in [0, 0.05) is 54.5 Å². The first-order valence-electron chi connectivity index (χ1n) is 23.1. The summed E-state index contributed by atoms with van der Waals surface area (Å²) in [7, 11) is -2.96. The van der Waals surface area contributed by atoms with E-state index in [4.69, 9.17) is 4.74 Å². The summed E-state index contributed by atoms with van der Waals surface area (Å²) in [6.45, 7) is 0. The minimum atomic E-state index is -2.96. The van der Waals surface area contributed by atoms with Gasteiger partial charge in [0.1, 0.15) is 11.0 Å². The van der Waals surface area contributed by atoms with Crippen LogP contribution >= 0.6 is 0 Å². The summed E-state index contributed by atoms with van der Waals surface area (Å²) in [6, 6.07) is 72.3. The van der Waals surface area contributed by atoms with Gasteiger partial charge in [-0.25, -0.2) is 0 Å². The zero-order chi connectivity index (χ0) is 42.2. The van der Waals surface area contributed by atoms with Crippen molar-refractivity contribution in [3.05, 3.63) is 217 Å². The predicted molar refractivity (Wildman–Crippen MR) is 261 cm³/mol. The second-order valence-electron chi connectivity index (χ2n) is 19.3. The molecule has 0 amide bonds. The van der Waals surface area contributed by atoms with E-state index < -0.39 is 13.5 Å². The maximum atomic E-state index is 7.52. The van der Waals surface area contributed by atoms with E-state index in [9.17, 15) is 0 Å². The van der Waals surface area contributed by atoms with Crippen LogP contribution in [0.15, 0.2) is 194 Å². The molecular weight excluding hydrogens is 823 g/mol. The number of pyridine rings is 2. The van der Waals surface area contributed by atoms with Crippen LogP contribution in [0.5, 0.6) is 11.6 Å². The first-order chi connectivity index (χ1) is 32.8. The van der Waals surface area contributed by atoms with E-state index in [0.717, 1.165) is 17.3 Å². The van der Waals surface area contributed by atoms with E-state index in [1.165, 1.54) is 126 Å². The molecule has 4 aromatic heterocycles. The highest BCUT2D eigenvalue weighted by Gasteiger charge is 2.71. The molecule has 1 aliphatic carbocycles. The molecule has 8 aromatic carbocycles. The molecule has 1 atom stereocenters. The van der Waals surface area contributed by atoms with Crippen molar-refractivity contribution in [2.75, 3.05) is 0 Å². The number of para-hydroxylation sites is 3. The molecule has 19 rings (SSSR count). The van der Waals surface area contributed by atoms with Gasteiger partial charge in [-0.2, -0.15) is 9.13 Å². The average Bonchev–Trinajstić information content (AvgIpc) is 4.09. The second kappa shape index (κ2) is 9.97. The minimum Gasteiger partial charge on any atom is -0.412 e. The first-order valence-corrected chi connectivity index (χ1v) is 25.1. The van der Waals surface area contributed by atoms with Crippen molar-refractivity contribution >= 4 is 83.9 Å². The lowest BCUT2D eigenvalue weighted by Crippen LogP contribution is -2.89. The van der Waals surface area contributed by atoms with Gasteiger partial charge < -0.3 is 4.74 Å². The number of fused-ring (bicyclic) bond motifs is 16. The molecule has 0 radical (unpaired) electrons. The molecule has 0 saturated heterocycles. The van der Waals surface area contributed by atoms with Crippen molar-refractivity contribution in [1.29, 1.82) is 0 Å². The van der Waals surface area contributed by atoms with E-state index in [2.05, 4.69) is 213 Å². The van der Waals surface area contributed by atoms with Crippen LogP contribution in [0.25, 0.3) is 77.5 Å². The lowest BCUT2D eigenvalue weighted by molar-refractivity contribution is -1.03. The van der Waals surface area contributed by atoms with Gasteiger partial charge in [0.2, 0.25) is 17.0 Å². The lowest BCUT2D eigenvalue weighted by Gasteiger charge is -2.43. The molecule has 0 N–H and O–H groups in total. The van der Waals surface area contributed by atoms with Crippen LogP contribution in [0.3, 0.4) is 0 Å². The second-order valence-corrected chi connectivity index (χ2v) is 22.9. The van der Waals surface area contributed by atoms with Crippen molar-refractivity contribution in [1.82, 2.24) is 13.8 Å². The van der Waals surface area contributed by atoms with Gasteiger partial charge in [0.25, 0.3) is 5.69 Å². The fourth-order valence-corrected chi connectivity index (χ4v) is 20.7. The Bertz CT molecular complexity index is 4100. The molecule has 6 aliphatic heterocycles. The fraction of sp³-hybridized carbons (Fsp3) is 0.0169. The Kier molecular flexibility index (Phi) is 4.88. The van der Waals surface area contributed by atoms with E-state index >= 15 is 0 Å². The quantitative estimate of drug-likeness (QED) is 0.0851. The third-order valence-electron chi connectivity index (χ3n) is 17.1. The molecule has 0 saturated carbocycles. The molecule has 3 spiro atoms. The molecule has 12 aromatic rings. The highest BCUT2D eigenvalue weighted by molar-refractivity contribution is 7.23. The van der Waals surface area contributed by atoms with Gasteiger partial charge in [0.15, 0.2) is 14.3 Å². The van der Waals surface area contributed by atoms with Gasteiger partial charge in [-0.3, -0.25) is 0 Å². The van der Waals surface area contributed by atoms with Crippen molar-refractivity contribution in [2.45, 2.75) is 5.41 Å².